The quantitative estimate of drug-likeness (QED) is 0.643. The van der Waals surface area contributed by atoms with Crippen LogP contribution in [0.15, 0.2) is 54.6 Å². The Kier molecular flexibility index (Phi) is 3.67. The van der Waals surface area contributed by atoms with Gasteiger partial charge in [0.1, 0.15) is 5.75 Å². The Bertz CT molecular complexity index is 708. The smallest absolute Gasteiger partial charge is 0.359 e. The third kappa shape index (κ3) is 2.26. The van der Waals surface area contributed by atoms with E-state index in [1.165, 1.54) is 0 Å². The van der Waals surface area contributed by atoms with E-state index in [4.69, 9.17) is 9.47 Å². The fourth-order valence-electron chi connectivity index (χ4n) is 2.65. The van der Waals surface area contributed by atoms with Crippen molar-refractivity contribution in [2.45, 2.75) is 18.9 Å². The molecule has 4 nitrogen and oxygen atoms in total. The summed E-state index contributed by atoms with van der Waals surface area (Å²) in [6.07, 6.45) is 0.153. The summed E-state index contributed by atoms with van der Waals surface area (Å²) in [5, 5.41) is 0. The molecule has 3 rings (SSSR count). The first-order valence-corrected chi connectivity index (χ1v) is 7.21. The lowest BCUT2D eigenvalue weighted by Crippen LogP contribution is -2.51. The van der Waals surface area contributed by atoms with Crippen LogP contribution in [-0.4, -0.2) is 24.0 Å². The highest BCUT2D eigenvalue weighted by atomic mass is 16.6. The molecule has 0 N–H and O–H groups in total. The van der Waals surface area contributed by atoms with E-state index in [1.807, 2.05) is 30.3 Å². The monoisotopic (exact) mass is 296 g/mol. The van der Waals surface area contributed by atoms with Crippen LogP contribution in [0.5, 0.6) is 5.75 Å². The summed E-state index contributed by atoms with van der Waals surface area (Å²) >= 11 is 0. The number of rotatable bonds is 4. The molecule has 0 saturated carbocycles. The van der Waals surface area contributed by atoms with E-state index in [0.717, 1.165) is 5.56 Å². The molecule has 0 amide bonds. The molecule has 0 spiro atoms. The highest BCUT2D eigenvalue weighted by molar-refractivity contribution is 6.19. The number of benzene rings is 2. The fourth-order valence-corrected chi connectivity index (χ4v) is 2.65. The maximum Gasteiger partial charge on any atom is 0.359 e. The number of hydrogen-bond acceptors (Lipinski definition) is 4. The normalized spacial score (nSPS) is 19.4. The average molecular weight is 296 g/mol. The van der Waals surface area contributed by atoms with Gasteiger partial charge in [-0.15, -0.1) is 0 Å². The van der Waals surface area contributed by atoms with Crippen molar-refractivity contribution in [2.24, 2.45) is 0 Å². The van der Waals surface area contributed by atoms with Crippen LogP contribution >= 0.6 is 0 Å². The molecule has 0 fully saturated rings. The Morgan fingerprint density at radius 2 is 1.77 bits per heavy atom. The molecule has 0 radical (unpaired) electrons. The molecule has 1 unspecified atom stereocenters. The third-order valence-electron chi connectivity index (χ3n) is 3.68. The maximum atomic E-state index is 12.8. The van der Waals surface area contributed by atoms with E-state index in [2.05, 4.69) is 0 Å². The predicted octanol–water partition coefficient (Wildman–Crippen LogP) is 2.81. The minimum absolute atomic E-state index is 0.153. The number of para-hydroxylation sites is 1. The molecular formula is C18H16O4. The second-order valence-electron chi connectivity index (χ2n) is 5.14. The van der Waals surface area contributed by atoms with Crippen LogP contribution in [0.25, 0.3) is 0 Å². The van der Waals surface area contributed by atoms with Crippen LogP contribution in [0.3, 0.4) is 0 Å². The van der Waals surface area contributed by atoms with Gasteiger partial charge >= 0.3 is 5.97 Å². The zero-order valence-electron chi connectivity index (χ0n) is 12.2. The van der Waals surface area contributed by atoms with Crippen LogP contribution in [-0.2, 0) is 16.0 Å². The number of hydrogen-bond donors (Lipinski definition) is 0. The molecular weight excluding hydrogens is 280 g/mol. The minimum atomic E-state index is -1.62. The van der Waals surface area contributed by atoms with E-state index in [0.29, 0.717) is 11.3 Å². The lowest BCUT2D eigenvalue weighted by Gasteiger charge is -2.25. The van der Waals surface area contributed by atoms with Gasteiger partial charge in [-0.2, -0.15) is 0 Å². The molecule has 2 aromatic carbocycles. The van der Waals surface area contributed by atoms with E-state index < -0.39 is 11.6 Å². The number of ketones is 1. The summed E-state index contributed by atoms with van der Waals surface area (Å²) in [5.74, 6) is -0.554. The van der Waals surface area contributed by atoms with Gasteiger partial charge in [-0.05, 0) is 24.6 Å². The Morgan fingerprint density at radius 3 is 2.45 bits per heavy atom. The summed E-state index contributed by atoms with van der Waals surface area (Å²) < 4.78 is 10.9. The van der Waals surface area contributed by atoms with Gasteiger partial charge in [0, 0.05) is 6.42 Å². The maximum absolute atomic E-state index is 12.8. The van der Waals surface area contributed by atoms with E-state index in [-0.39, 0.29) is 18.8 Å². The standard InChI is InChI=1S/C18H16O4/c1-2-21-17(20)18(12-13-8-4-3-5-9-13)16(19)14-10-6-7-11-15(14)22-18/h3-11H,2,12H2,1H3. The summed E-state index contributed by atoms with van der Waals surface area (Å²) in [6, 6.07) is 16.2. The molecule has 0 bridgehead atoms. The van der Waals surface area contributed by atoms with E-state index in [9.17, 15) is 9.59 Å². The number of carbonyl (C=O) groups is 2. The number of carbonyl (C=O) groups excluding carboxylic acids is 2. The molecule has 1 atom stereocenters. The van der Waals surface area contributed by atoms with Crippen LogP contribution in [0.4, 0.5) is 0 Å². The summed E-state index contributed by atoms with van der Waals surface area (Å²) in [6.45, 7) is 1.91. The van der Waals surface area contributed by atoms with Gasteiger partial charge in [0.2, 0.25) is 5.78 Å². The molecule has 2 aromatic rings. The van der Waals surface area contributed by atoms with Gasteiger partial charge < -0.3 is 9.47 Å². The van der Waals surface area contributed by atoms with Gasteiger partial charge in [0.05, 0.1) is 12.2 Å². The van der Waals surface area contributed by atoms with Crippen LogP contribution < -0.4 is 4.74 Å². The van der Waals surface area contributed by atoms with Crippen molar-refractivity contribution in [3.63, 3.8) is 0 Å². The molecule has 4 heteroatoms. The van der Waals surface area contributed by atoms with Crippen molar-refractivity contribution >= 4 is 11.8 Å². The van der Waals surface area contributed by atoms with Gasteiger partial charge in [-0.1, -0.05) is 42.5 Å². The Morgan fingerprint density at radius 1 is 1.09 bits per heavy atom. The van der Waals surface area contributed by atoms with Crippen LogP contribution in [0.1, 0.15) is 22.8 Å². The number of ether oxygens (including phenoxy) is 2. The van der Waals surface area contributed by atoms with Crippen LogP contribution in [0, 0.1) is 0 Å². The number of fused-ring (bicyclic) bond motifs is 1. The van der Waals surface area contributed by atoms with Crippen molar-refractivity contribution in [1.82, 2.24) is 0 Å². The number of Topliss-reactive ketones (excluding diaryl/α,β-unsaturated/α-hetero) is 1. The van der Waals surface area contributed by atoms with E-state index >= 15 is 0 Å². The van der Waals surface area contributed by atoms with E-state index in [1.54, 1.807) is 31.2 Å². The molecule has 0 aromatic heterocycles. The Labute approximate surface area is 128 Å². The second kappa shape index (κ2) is 5.64. The third-order valence-corrected chi connectivity index (χ3v) is 3.68. The highest BCUT2D eigenvalue weighted by Gasteiger charge is 2.55. The largest absolute Gasteiger partial charge is 0.466 e. The topological polar surface area (TPSA) is 52.6 Å². The van der Waals surface area contributed by atoms with Crippen molar-refractivity contribution in [3.05, 3.63) is 65.7 Å². The fraction of sp³-hybridized carbons (Fsp3) is 0.222. The average Bonchev–Trinajstić information content (AvgIpc) is 2.83. The summed E-state index contributed by atoms with van der Waals surface area (Å²) in [5.41, 5.74) is -0.357. The summed E-state index contributed by atoms with van der Waals surface area (Å²) in [4.78, 5) is 25.3. The Balaban J connectivity index is 2.03. The molecule has 0 saturated heterocycles. The van der Waals surface area contributed by atoms with Crippen molar-refractivity contribution < 1.29 is 19.1 Å². The van der Waals surface area contributed by atoms with Gasteiger partial charge in [0.15, 0.2) is 0 Å². The lowest BCUT2D eigenvalue weighted by atomic mass is 9.88. The minimum Gasteiger partial charge on any atom is -0.466 e. The molecule has 1 aliphatic rings. The predicted molar refractivity (Wildman–Crippen MR) is 80.9 cm³/mol. The molecule has 22 heavy (non-hydrogen) atoms. The van der Waals surface area contributed by atoms with Crippen molar-refractivity contribution in [2.75, 3.05) is 6.61 Å². The second-order valence-corrected chi connectivity index (χ2v) is 5.14. The first-order valence-electron chi connectivity index (χ1n) is 7.21. The molecule has 112 valence electrons. The first kappa shape index (κ1) is 14.3. The zero-order chi connectivity index (χ0) is 15.6. The highest BCUT2D eigenvalue weighted by Crippen LogP contribution is 2.37. The Hall–Kier alpha value is -2.62. The summed E-state index contributed by atoms with van der Waals surface area (Å²) in [7, 11) is 0. The molecule has 1 aliphatic heterocycles. The lowest BCUT2D eigenvalue weighted by molar-refractivity contribution is -0.156. The van der Waals surface area contributed by atoms with Gasteiger partial charge in [0.25, 0.3) is 5.60 Å². The first-order chi connectivity index (χ1) is 10.7. The van der Waals surface area contributed by atoms with Crippen molar-refractivity contribution in [1.29, 1.82) is 0 Å². The zero-order valence-corrected chi connectivity index (χ0v) is 12.2. The van der Waals surface area contributed by atoms with Crippen LogP contribution in [0.2, 0.25) is 0 Å². The van der Waals surface area contributed by atoms with Crippen molar-refractivity contribution in [3.8, 4) is 5.75 Å². The van der Waals surface area contributed by atoms with Gasteiger partial charge in [-0.25, -0.2) is 4.79 Å². The van der Waals surface area contributed by atoms with Gasteiger partial charge in [-0.3, -0.25) is 4.79 Å². The number of esters is 1. The molecule has 0 aliphatic carbocycles. The molecule has 1 heterocycles. The SMILES string of the molecule is CCOC(=O)C1(Cc2ccccc2)Oc2ccccc2C1=O.